The standard InChI is InChI=1S/C51H29N3O2S/c1-3-13-30(14-4-1)49-52-50(31-15-5-2-6-16-31)54-51(53-49)32-25-26-36-39-20-11-19-34(46(39)56-44(36)29-32)33-27-41-37-18-8-10-24-45(37)57-48(41)42(28-33)40-22-12-21-38-35-17-7-9-23-43(35)55-47(38)40/h1-29H/i1D,2D,3D,4D,5D,6D,7D,9D,12D,13D,14D,15D,16D,17D,21D,22D,23D. The first-order valence-electron chi connectivity index (χ1n) is 26.0. The lowest BCUT2D eigenvalue weighted by molar-refractivity contribution is 0.670. The molecule has 6 heteroatoms. The van der Waals surface area contributed by atoms with E-state index < -0.39 is 119 Å². The summed E-state index contributed by atoms with van der Waals surface area (Å²) in [5.74, 6) is -0.975. The molecule has 0 atom stereocenters. The fraction of sp³-hybridized carbons (Fsp3) is 0. The molecule has 0 spiro atoms. The van der Waals surface area contributed by atoms with Gasteiger partial charge in [-0.15, -0.1) is 11.3 Å². The molecule has 4 aromatic heterocycles. The fourth-order valence-corrected chi connectivity index (χ4v) is 8.51. The van der Waals surface area contributed by atoms with Gasteiger partial charge in [0, 0.05) is 75.1 Å². The number of para-hydroxylation sites is 3. The van der Waals surface area contributed by atoms with Gasteiger partial charge >= 0.3 is 0 Å². The minimum Gasteiger partial charge on any atom is -0.455 e. The van der Waals surface area contributed by atoms with Gasteiger partial charge < -0.3 is 8.83 Å². The van der Waals surface area contributed by atoms with Crippen molar-refractivity contribution in [1.29, 1.82) is 0 Å². The van der Waals surface area contributed by atoms with E-state index in [0.717, 1.165) is 15.5 Å². The normalized spacial score (nSPS) is 16.0. The van der Waals surface area contributed by atoms with Gasteiger partial charge in [0.25, 0.3) is 0 Å². The quantitative estimate of drug-likeness (QED) is 0.175. The monoisotopic (exact) mass is 764 g/mol. The third-order valence-electron chi connectivity index (χ3n) is 9.83. The molecule has 4 heterocycles. The second-order valence-corrected chi connectivity index (χ2v) is 14.1. The van der Waals surface area contributed by atoms with Crippen LogP contribution in [0.5, 0.6) is 0 Å². The van der Waals surface area contributed by atoms with Gasteiger partial charge in [-0.2, -0.15) is 0 Å². The van der Waals surface area contributed by atoms with Gasteiger partial charge in [0.05, 0.1) is 23.3 Å². The Morgan fingerprint density at radius 2 is 1.07 bits per heavy atom. The van der Waals surface area contributed by atoms with Gasteiger partial charge in [-0.05, 0) is 41.9 Å². The molecule has 0 N–H and O–H groups in total. The number of thiophene rings is 1. The molecule has 0 saturated carbocycles. The van der Waals surface area contributed by atoms with Crippen LogP contribution >= 0.6 is 11.3 Å². The van der Waals surface area contributed by atoms with E-state index in [1.54, 1.807) is 18.2 Å². The molecule has 5 nitrogen and oxygen atoms in total. The Morgan fingerprint density at radius 3 is 1.88 bits per heavy atom. The van der Waals surface area contributed by atoms with Crippen LogP contribution in [-0.4, -0.2) is 15.0 Å². The number of aromatic nitrogens is 3. The maximum atomic E-state index is 9.37. The SMILES string of the molecule is [2H]c1c([2H])c([2H])c(-c2nc(-c3ccc4c(c3)oc3c(-c5cc(-c6c([2H])c([2H])c([2H])c7c6oc6c([2H])c([2H])c([2H])c([2H])c67)c6sc7ccccc7c6c5)cccc34)nc(-c3c([2H])c([2H])c([2H])c([2H])c3[2H])n2)c([2H])c1[2H]. The largest absolute Gasteiger partial charge is 0.455 e. The van der Waals surface area contributed by atoms with Crippen LogP contribution in [0, 0.1) is 0 Å². The van der Waals surface area contributed by atoms with Crippen molar-refractivity contribution in [2.75, 3.05) is 0 Å². The highest BCUT2D eigenvalue weighted by Crippen LogP contribution is 2.47. The molecule has 12 aromatic rings. The molecule has 0 aliphatic rings. The van der Waals surface area contributed by atoms with Crippen molar-refractivity contribution >= 4 is 75.4 Å². The second kappa shape index (κ2) is 12.6. The van der Waals surface area contributed by atoms with E-state index in [0.29, 0.717) is 43.3 Å². The Bertz CT molecular complexity index is 4400. The Labute approximate surface area is 354 Å². The smallest absolute Gasteiger partial charge is 0.164 e. The first-order chi connectivity index (χ1) is 35.3. The summed E-state index contributed by atoms with van der Waals surface area (Å²) >= 11 is 1.44. The Balaban J connectivity index is 1.09. The minimum atomic E-state index is -0.669. The van der Waals surface area contributed by atoms with Crippen LogP contribution in [0.2, 0.25) is 0 Å². The summed E-state index contributed by atoms with van der Waals surface area (Å²) < 4.78 is 161. The Hall–Kier alpha value is -7.41. The van der Waals surface area contributed by atoms with Crippen LogP contribution in [0.3, 0.4) is 0 Å². The van der Waals surface area contributed by atoms with E-state index in [1.807, 2.05) is 54.6 Å². The summed E-state index contributed by atoms with van der Waals surface area (Å²) in [5, 5.41) is 2.90. The number of furan rings is 2. The van der Waals surface area contributed by atoms with Crippen LogP contribution in [0.4, 0.5) is 0 Å². The van der Waals surface area contributed by atoms with Crippen LogP contribution in [0.25, 0.3) is 120 Å². The van der Waals surface area contributed by atoms with Crippen molar-refractivity contribution < 1.29 is 32.1 Å². The minimum absolute atomic E-state index is 0.0168. The van der Waals surface area contributed by atoms with Gasteiger partial charge in [-0.3, -0.25) is 0 Å². The lowest BCUT2D eigenvalue weighted by Gasteiger charge is -2.10. The number of nitrogens with zero attached hydrogens (tertiary/aromatic N) is 3. The highest BCUT2D eigenvalue weighted by atomic mass is 32.1. The molecular weight excluding hydrogens is 719 g/mol. The summed E-state index contributed by atoms with van der Waals surface area (Å²) in [6, 6.07) is 12.4. The molecule has 0 amide bonds. The van der Waals surface area contributed by atoms with Crippen molar-refractivity contribution in [2.45, 2.75) is 0 Å². The Morgan fingerprint density at radius 1 is 0.404 bits per heavy atom. The predicted molar refractivity (Wildman–Crippen MR) is 234 cm³/mol. The van der Waals surface area contributed by atoms with Crippen molar-refractivity contribution in [1.82, 2.24) is 15.0 Å². The molecule has 57 heavy (non-hydrogen) atoms. The molecule has 0 radical (unpaired) electrons. The van der Waals surface area contributed by atoms with E-state index >= 15 is 0 Å². The summed E-state index contributed by atoms with van der Waals surface area (Å²) in [4.78, 5) is 13.5. The maximum Gasteiger partial charge on any atom is 0.164 e. The van der Waals surface area contributed by atoms with Gasteiger partial charge in [-0.25, -0.2) is 15.0 Å². The van der Waals surface area contributed by atoms with E-state index in [9.17, 15) is 1.37 Å². The highest BCUT2D eigenvalue weighted by Gasteiger charge is 2.21. The van der Waals surface area contributed by atoms with Crippen molar-refractivity contribution in [3.8, 4) is 56.4 Å². The lowest BCUT2D eigenvalue weighted by Crippen LogP contribution is -2.00. The van der Waals surface area contributed by atoms with Crippen LogP contribution < -0.4 is 0 Å². The first-order valence-corrected chi connectivity index (χ1v) is 18.3. The molecular formula is C51H29N3O2S. The number of benzene rings is 8. The second-order valence-electron chi connectivity index (χ2n) is 13.1. The molecule has 12 rings (SSSR count). The highest BCUT2D eigenvalue weighted by molar-refractivity contribution is 7.26. The number of hydrogen-bond acceptors (Lipinski definition) is 6. The maximum absolute atomic E-state index is 9.37. The van der Waals surface area contributed by atoms with Crippen molar-refractivity contribution in [2.24, 2.45) is 0 Å². The molecule has 0 bridgehead atoms. The fourth-order valence-electron chi connectivity index (χ4n) is 7.30. The Kier molecular flexibility index (Phi) is 4.29. The number of rotatable bonds is 5. The summed E-state index contributed by atoms with van der Waals surface area (Å²) in [7, 11) is 0. The van der Waals surface area contributed by atoms with Crippen molar-refractivity contribution in [3.05, 3.63) is 176 Å². The zero-order chi connectivity index (χ0) is 52.2. The van der Waals surface area contributed by atoms with Crippen molar-refractivity contribution in [3.63, 3.8) is 0 Å². The topological polar surface area (TPSA) is 65.0 Å². The average Bonchev–Trinajstić information content (AvgIpc) is 4.12. The predicted octanol–water partition coefficient (Wildman–Crippen LogP) is 14.4. The molecule has 0 fully saturated rings. The average molecular weight is 765 g/mol. The lowest BCUT2D eigenvalue weighted by atomic mass is 9.94. The summed E-state index contributed by atoms with van der Waals surface area (Å²) in [6.45, 7) is 0. The third-order valence-corrected chi connectivity index (χ3v) is 11.1. The number of hydrogen-bond donors (Lipinski definition) is 0. The first kappa shape index (κ1) is 19.4. The molecule has 0 aliphatic heterocycles. The van der Waals surface area contributed by atoms with Crippen LogP contribution in [-0.2, 0) is 0 Å². The van der Waals surface area contributed by atoms with Gasteiger partial charge in [0.1, 0.15) is 22.3 Å². The van der Waals surface area contributed by atoms with Crippen LogP contribution in [0.1, 0.15) is 23.3 Å². The van der Waals surface area contributed by atoms with Gasteiger partial charge in [-0.1, -0.05) is 139 Å². The molecule has 8 aromatic carbocycles. The third kappa shape index (κ3) is 5.12. The number of fused-ring (bicyclic) bond motifs is 9. The van der Waals surface area contributed by atoms with E-state index in [2.05, 4.69) is 15.0 Å². The summed E-state index contributed by atoms with van der Waals surface area (Å²) in [5.41, 5.74) is 1.74. The zero-order valence-electron chi connectivity index (χ0n) is 46.0. The van der Waals surface area contributed by atoms with E-state index in [1.165, 1.54) is 11.3 Å². The molecule has 0 aliphatic carbocycles. The molecule has 0 unspecified atom stereocenters. The van der Waals surface area contributed by atoms with Gasteiger partial charge in [0.2, 0.25) is 0 Å². The van der Waals surface area contributed by atoms with Crippen LogP contribution in [0.15, 0.2) is 184 Å². The van der Waals surface area contributed by atoms with Gasteiger partial charge in [0.15, 0.2) is 17.5 Å². The summed E-state index contributed by atoms with van der Waals surface area (Å²) in [6.07, 6.45) is 0. The van der Waals surface area contributed by atoms with E-state index in [4.69, 9.17) is 30.8 Å². The van der Waals surface area contributed by atoms with E-state index in [-0.39, 0.29) is 44.9 Å². The zero-order valence-corrected chi connectivity index (χ0v) is 29.8. The molecule has 266 valence electrons. The molecule has 0 saturated heterocycles.